The van der Waals surface area contributed by atoms with Gasteiger partial charge >= 0.3 is 0 Å². The third-order valence-electron chi connectivity index (χ3n) is 4.05. The summed E-state index contributed by atoms with van der Waals surface area (Å²) < 4.78 is 0. The van der Waals surface area contributed by atoms with E-state index >= 15 is 0 Å². The van der Waals surface area contributed by atoms with Crippen LogP contribution in [0.25, 0.3) is 0 Å². The maximum atomic E-state index is 11.8. The molecule has 22 heavy (non-hydrogen) atoms. The summed E-state index contributed by atoms with van der Waals surface area (Å²) in [5.74, 6) is 1.35. The predicted octanol–water partition coefficient (Wildman–Crippen LogP) is 1.74. The van der Waals surface area contributed by atoms with Gasteiger partial charge in [-0.25, -0.2) is 0 Å². The number of guanidine groups is 1. The summed E-state index contributed by atoms with van der Waals surface area (Å²) in [6, 6.07) is 9.88. The van der Waals surface area contributed by atoms with Gasteiger partial charge in [0.2, 0.25) is 5.91 Å². The smallest absolute Gasteiger partial charge is 0.222 e. The van der Waals surface area contributed by atoms with Crippen molar-refractivity contribution in [3.05, 3.63) is 35.9 Å². The molecular formula is C17H26N4O. The van der Waals surface area contributed by atoms with Crippen LogP contribution in [0, 0.1) is 5.92 Å². The van der Waals surface area contributed by atoms with E-state index in [1.165, 1.54) is 0 Å². The largest absolute Gasteiger partial charge is 0.370 e. The van der Waals surface area contributed by atoms with Crippen molar-refractivity contribution < 1.29 is 4.79 Å². The van der Waals surface area contributed by atoms with Crippen molar-refractivity contribution in [2.75, 3.05) is 19.6 Å². The van der Waals surface area contributed by atoms with Crippen LogP contribution >= 0.6 is 0 Å². The normalized spacial score (nSPS) is 16.6. The molecule has 1 fully saturated rings. The molecule has 5 heteroatoms. The van der Waals surface area contributed by atoms with Crippen molar-refractivity contribution in [1.29, 1.82) is 0 Å². The fourth-order valence-corrected chi connectivity index (χ4v) is 2.49. The molecule has 0 aliphatic carbocycles. The van der Waals surface area contributed by atoms with Crippen LogP contribution in [0.1, 0.15) is 31.7 Å². The van der Waals surface area contributed by atoms with Crippen LogP contribution in [0.15, 0.2) is 35.3 Å². The molecule has 0 unspecified atom stereocenters. The van der Waals surface area contributed by atoms with Gasteiger partial charge in [0.15, 0.2) is 5.96 Å². The van der Waals surface area contributed by atoms with Gasteiger partial charge in [0, 0.05) is 26.1 Å². The van der Waals surface area contributed by atoms with Crippen LogP contribution in [0.2, 0.25) is 0 Å². The van der Waals surface area contributed by atoms with Crippen LogP contribution in [0.4, 0.5) is 0 Å². The predicted molar refractivity (Wildman–Crippen MR) is 89.4 cm³/mol. The Morgan fingerprint density at radius 1 is 1.32 bits per heavy atom. The molecule has 0 aromatic heterocycles. The van der Waals surface area contributed by atoms with E-state index < -0.39 is 0 Å². The van der Waals surface area contributed by atoms with E-state index in [9.17, 15) is 4.79 Å². The van der Waals surface area contributed by atoms with Gasteiger partial charge in [0.05, 0.1) is 6.54 Å². The average molecular weight is 302 g/mol. The van der Waals surface area contributed by atoms with E-state index in [0.717, 1.165) is 37.4 Å². The highest BCUT2D eigenvalue weighted by molar-refractivity contribution is 5.79. The highest BCUT2D eigenvalue weighted by Gasteiger charge is 2.16. The van der Waals surface area contributed by atoms with Gasteiger partial charge < -0.3 is 16.0 Å². The van der Waals surface area contributed by atoms with E-state index in [1.54, 1.807) is 0 Å². The molecule has 1 aliphatic heterocycles. The average Bonchev–Trinajstić information content (AvgIpc) is 2.54. The van der Waals surface area contributed by atoms with Gasteiger partial charge in [-0.3, -0.25) is 9.79 Å². The zero-order valence-corrected chi connectivity index (χ0v) is 13.3. The second kappa shape index (κ2) is 8.41. The number of nitrogens with one attached hydrogen (secondary N) is 1. The number of nitrogens with two attached hydrogens (primary N) is 1. The van der Waals surface area contributed by atoms with Crippen LogP contribution in [-0.4, -0.2) is 36.4 Å². The van der Waals surface area contributed by atoms with Crippen molar-refractivity contribution in [1.82, 2.24) is 10.2 Å². The van der Waals surface area contributed by atoms with Crippen LogP contribution in [-0.2, 0) is 11.3 Å². The summed E-state index contributed by atoms with van der Waals surface area (Å²) >= 11 is 0. The number of nitrogens with zero attached hydrogens (tertiary/aromatic N) is 2. The summed E-state index contributed by atoms with van der Waals surface area (Å²) in [5.41, 5.74) is 7.09. The lowest BCUT2D eigenvalue weighted by molar-refractivity contribution is -0.121. The molecule has 0 saturated carbocycles. The maximum Gasteiger partial charge on any atom is 0.222 e. The quantitative estimate of drug-likeness (QED) is 0.643. The number of hydrogen-bond acceptors (Lipinski definition) is 2. The molecule has 1 heterocycles. The minimum absolute atomic E-state index is 0.00710. The first-order valence-electron chi connectivity index (χ1n) is 8.00. The second-order valence-electron chi connectivity index (χ2n) is 5.92. The van der Waals surface area contributed by atoms with Gasteiger partial charge in [-0.1, -0.05) is 37.3 Å². The van der Waals surface area contributed by atoms with E-state index in [2.05, 4.69) is 22.1 Å². The monoisotopic (exact) mass is 302 g/mol. The lowest BCUT2D eigenvalue weighted by Gasteiger charge is -2.31. The zero-order chi connectivity index (χ0) is 15.8. The van der Waals surface area contributed by atoms with E-state index in [4.69, 9.17) is 5.73 Å². The molecule has 0 radical (unpaired) electrons. The number of piperidine rings is 1. The number of aliphatic imine (C=N–C) groups is 1. The molecule has 1 aromatic carbocycles. The maximum absolute atomic E-state index is 11.8. The molecular weight excluding hydrogens is 276 g/mol. The Bertz CT molecular complexity index is 493. The summed E-state index contributed by atoms with van der Waals surface area (Å²) in [6.07, 6.45) is 2.69. The highest BCUT2D eigenvalue weighted by Crippen LogP contribution is 2.15. The first-order valence-corrected chi connectivity index (χ1v) is 8.00. The molecule has 1 saturated heterocycles. The Balaban J connectivity index is 1.66. The van der Waals surface area contributed by atoms with Gasteiger partial charge in [-0.2, -0.15) is 0 Å². The number of benzene rings is 1. The Morgan fingerprint density at radius 2 is 2.00 bits per heavy atom. The number of hydrogen-bond donors (Lipinski definition) is 2. The van der Waals surface area contributed by atoms with Gasteiger partial charge in [-0.15, -0.1) is 0 Å². The van der Waals surface area contributed by atoms with E-state index in [-0.39, 0.29) is 5.91 Å². The third kappa shape index (κ3) is 5.39. The molecule has 5 nitrogen and oxygen atoms in total. The van der Waals surface area contributed by atoms with Crippen molar-refractivity contribution in [3.63, 3.8) is 0 Å². The Morgan fingerprint density at radius 3 is 2.68 bits per heavy atom. The molecule has 0 atom stereocenters. The fraction of sp³-hybridized carbons (Fsp3) is 0.529. The minimum Gasteiger partial charge on any atom is -0.370 e. The van der Waals surface area contributed by atoms with Crippen LogP contribution < -0.4 is 11.1 Å². The fourth-order valence-electron chi connectivity index (χ4n) is 2.49. The number of amides is 1. The SMILES string of the molecule is CC1CCN(C(N)=NCCC(=O)NCc2ccccc2)CC1. The molecule has 120 valence electrons. The Hall–Kier alpha value is -2.04. The van der Waals surface area contributed by atoms with Gasteiger partial charge in [-0.05, 0) is 24.3 Å². The molecule has 2 rings (SSSR count). The summed E-state index contributed by atoms with van der Waals surface area (Å²) in [7, 11) is 0. The van der Waals surface area contributed by atoms with E-state index in [0.29, 0.717) is 25.5 Å². The van der Waals surface area contributed by atoms with Gasteiger partial charge in [0.25, 0.3) is 0 Å². The number of carbonyl (C=O) groups is 1. The lowest BCUT2D eigenvalue weighted by atomic mass is 10.00. The number of rotatable bonds is 5. The van der Waals surface area contributed by atoms with Gasteiger partial charge in [0.1, 0.15) is 0 Å². The Kier molecular flexibility index (Phi) is 6.25. The molecule has 0 bridgehead atoms. The number of carbonyl (C=O) groups excluding carboxylic acids is 1. The van der Waals surface area contributed by atoms with Crippen molar-refractivity contribution in [3.8, 4) is 0 Å². The van der Waals surface area contributed by atoms with Crippen molar-refractivity contribution in [2.24, 2.45) is 16.6 Å². The van der Waals surface area contributed by atoms with Crippen LogP contribution in [0.5, 0.6) is 0 Å². The Labute approximate surface area is 132 Å². The lowest BCUT2D eigenvalue weighted by Crippen LogP contribution is -2.42. The van der Waals surface area contributed by atoms with Crippen molar-refractivity contribution in [2.45, 2.75) is 32.7 Å². The second-order valence-corrected chi connectivity index (χ2v) is 5.92. The van der Waals surface area contributed by atoms with Crippen molar-refractivity contribution >= 4 is 11.9 Å². The molecule has 1 aromatic rings. The van der Waals surface area contributed by atoms with E-state index in [1.807, 2.05) is 30.3 Å². The topological polar surface area (TPSA) is 70.7 Å². The first-order chi connectivity index (χ1) is 10.6. The molecule has 3 N–H and O–H groups in total. The first kappa shape index (κ1) is 16.3. The molecule has 0 spiro atoms. The molecule has 1 amide bonds. The minimum atomic E-state index is 0.00710. The highest BCUT2D eigenvalue weighted by atomic mass is 16.1. The third-order valence-corrected chi connectivity index (χ3v) is 4.05. The summed E-state index contributed by atoms with van der Waals surface area (Å²) in [6.45, 7) is 5.20. The summed E-state index contributed by atoms with van der Waals surface area (Å²) in [5, 5.41) is 2.90. The van der Waals surface area contributed by atoms with Crippen LogP contribution in [0.3, 0.4) is 0 Å². The standard InChI is InChI=1S/C17H26N4O/c1-14-8-11-21(12-9-14)17(18)19-10-7-16(22)20-13-15-5-3-2-4-6-15/h2-6,14H,7-13H2,1H3,(H2,18,19)(H,20,22). The summed E-state index contributed by atoms with van der Waals surface area (Å²) in [4.78, 5) is 18.2. The molecule has 1 aliphatic rings. The number of likely N-dealkylation sites (tertiary alicyclic amines) is 1. The zero-order valence-electron chi connectivity index (χ0n) is 13.3.